The van der Waals surface area contributed by atoms with Gasteiger partial charge in [-0.2, -0.15) is 4.31 Å². The fraction of sp³-hybridized carbons (Fsp3) is 0.588. The molecule has 62 heavy (non-hydrogen) atoms. The van der Waals surface area contributed by atoms with Crippen molar-refractivity contribution in [1.29, 1.82) is 0 Å². The Morgan fingerprint density at radius 2 is 1.65 bits per heavy atom. The number of nitrogens with two attached hydrogens (primary N) is 1. The van der Waals surface area contributed by atoms with E-state index < -0.39 is 84.6 Å². The number of aromatic nitrogens is 4. The van der Waals surface area contributed by atoms with Gasteiger partial charge in [0, 0.05) is 37.1 Å². The van der Waals surface area contributed by atoms with Crippen LogP contribution in [0.4, 0.5) is 5.82 Å². The Balaban J connectivity index is 1.14. The summed E-state index contributed by atoms with van der Waals surface area (Å²) in [5.41, 5.74) is 5.57. The van der Waals surface area contributed by atoms with Gasteiger partial charge in [-0.05, 0) is 24.8 Å². The van der Waals surface area contributed by atoms with Crippen LogP contribution in [0, 0.1) is 5.41 Å². The number of anilines is 1. The molecule has 10 N–H and O–H groups in total. The molecule has 24 nitrogen and oxygen atoms in total. The molecule has 28 heteroatoms. The van der Waals surface area contributed by atoms with Crippen molar-refractivity contribution in [2.45, 2.75) is 89.4 Å². The normalized spacial score (nSPS) is 20.6. The molecule has 2 amide bonds. The number of benzene rings is 1. The predicted molar refractivity (Wildman–Crippen MR) is 220 cm³/mol. The van der Waals surface area contributed by atoms with Gasteiger partial charge in [-0.25, -0.2) is 28.6 Å². The molecule has 1 aromatic carbocycles. The number of carbonyl (C=O) groups is 3. The average Bonchev–Trinajstić information content (AvgIpc) is 3.76. The van der Waals surface area contributed by atoms with E-state index in [1.807, 2.05) is 18.2 Å². The molecule has 1 aliphatic rings. The minimum absolute atomic E-state index is 0.0313. The van der Waals surface area contributed by atoms with Crippen LogP contribution >= 0.6 is 35.2 Å². The Morgan fingerprint density at radius 1 is 0.952 bits per heavy atom. The molecule has 2 unspecified atom stereocenters. The number of fused-ring (bicyclic) bond motifs is 1. The van der Waals surface area contributed by atoms with E-state index in [9.17, 15) is 57.9 Å². The van der Waals surface area contributed by atoms with Gasteiger partial charge in [-0.1, -0.05) is 68.8 Å². The first kappa shape index (κ1) is 51.4. The highest BCUT2D eigenvalue weighted by atomic mass is 32.2. The van der Waals surface area contributed by atoms with Crippen LogP contribution < -0.4 is 16.4 Å². The molecule has 1 fully saturated rings. The first-order valence-corrected chi connectivity index (χ1v) is 24.7. The summed E-state index contributed by atoms with van der Waals surface area (Å²) in [4.78, 5) is 88.1. The van der Waals surface area contributed by atoms with Gasteiger partial charge in [0.15, 0.2) is 22.8 Å². The van der Waals surface area contributed by atoms with Crippen molar-refractivity contribution in [2.75, 3.05) is 37.8 Å². The number of nitrogens with zero attached hydrogens (tertiary/aromatic N) is 4. The van der Waals surface area contributed by atoms with Gasteiger partial charge in [-0.3, -0.25) is 32.5 Å². The number of amides is 2. The van der Waals surface area contributed by atoms with E-state index in [0.29, 0.717) is 12.2 Å². The third kappa shape index (κ3) is 16.4. The lowest BCUT2D eigenvalue weighted by Crippen LogP contribution is -2.46. The van der Waals surface area contributed by atoms with Gasteiger partial charge in [0.05, 0.1) is 19.5 Å². The number of rotatable bonds is 26. The lowest BCUT2D eigenvalue weighted by Gasteiger charge is -2.30. The molecule has 2 aromatic heterocycles. The Kier molecular flexibility index (Phi) is 19.2. The number of ether oxygens (including phenoxy) is 1. The summed E-state index contributed by atoms with van der Waals surface area (Å²) in [6, 6.07) is 10.2. The summed E-state index contributed by atoms with van der Waals surface area (Å²) in [6.45, 7) is 0.537. The summed E-state index contributed by atoms with van der Waals surface area (Å²) in [7, 11) is -16.4. The Hall–Kier alpha value is -3.22. The van der Waals surface area contributed by atoms with Gasteiger partial charge in [0.1, 0.15) is 36.3 Å². The second-order valence-electron chi connectivity index (χ2n) is 14.7. The topological polar surface area (TPSA) is 364 Å². The van der Waals surface area contributed by atoms with Crippen LogP contribution in [0.1, 0.15) is 64.2 Å². The number of nitrogen functional groups attached to an aromatic ring is 1. The number of unbranched alkanes of at least 4 members (excludes halogenated alkanes) is 3. The van der Waals surface area contributed by atoms with Crippen LogP contribution in [0.2, 0.25) is 0 Å². The number of imidazole rings is 1. The molecule has 0 aliphatic carbocycles. The molecule has 0 saturated carbocycles. The Labute approximate surface area is 360 Å². The van der Waals surface area contributed by atoms with E-state index in [-0.39, 0.29) is 41.6 Å². The summed E-state index contributed by atoms with van der Waals surface area (Å²) in [5, 5.41) is 26.6. The van der Waals surface area contributed by atoms with Crippen molar-refractivity contribution < 1.29 is 80.5 Å². The number of nitrogens with one attached hydrogen (secondary N) is 2. The number of hydrogen-bond donors (Lipinski definition) is 9. The zero-order valence-corrected chi connectivity index (χ0v) is 37.2. The first-order valence-electron chi connectivity index (χ1n) is 19.2. The van der Waals surface area contributed by atoms with E-state index in [2.05, 4.69) is 46.6 Å². The quantitative estimate of drug-likeness (QED) is 0.0409. The van der Waals surface area contributed by atoms with Gasteiger partial charge < -0.3 is 50.9 Å². The third-order valence-electron chi connectivity index (χ3n) is 9.20. The maximum atomic E-state index is 12.7. The number of phosphoric ester groups is 3. The number of aryl methyl sites for hydroxylation is 1. The van der Waals surface area contributed by atoms with E-state index in [1.54, 1.807) is 0 Å². The van der Waals surface area contributed by atoms with Crippen molar-refractivity contribution in [1.82, 2.24) is 30.2 Å². The highest BCUT2D eigenvalue weighted by Crippen LogP contribution is 2.61. The molecule has 1 aliphatic heterocycles. The predicted octanol–water partition coefficient (Wildman–Crippen LogP) is 1.86. The van der Waals surface area contributed by atoms with E-state index in [0.717, 1.165) is 61.1 Å². The lowest BCUT2D eigenvalue weighted by atomic mass is 9.87. The molecule has 0 spiro atoms. The maximum absolute atomic E-state index is 12.7. The fourth-order valence-electron chi connectivity index (χ4n) is 5.96. The van der Waals surface area contributed by atoms with Crippen LogP contribution in [0.3, 0.4) is 0 Å². The van der Waals surface area contributed by atoms with Crippen LogP contribution in [0.5, 0.6) is 0 Å². The van der Waals surface area contributed by atoms with Crippen molar-refractivity contribution in [2.24, 2.45) is 5.41 Å². The number of hydrogen-bond acceptors (Lipinski definition) is 18. The minimum Gasteiger partial charge on any atom is -0.386 e. The van der Waals surface area contributed by atoms with E-state index in [1.165, 1.54) is 19.4 Å². The van der Waals surface area contributed by atoms with Gasteiger partial charge in [-0.15, -0.1) is 0 Å². The standard InChI is InChI=1S/C34H52N7O17P3S/c1-34(2,29(45)32(46)37-15-14-24(42)36-16-17-62-25(43)13-9-4-3-6-10-22-11-7-5-8-12-22)19-55-61(52,53)58-60(50,51)54-18-23-28(57-59(47,48)49)27(44)33(56-23)41-21-40-26-30(35)38-20-39-31(26)41/h5,7-8,11-12,20-21,23,27-29,33,44-45H,3-4,6,9-10,13-19H2,1-2H3,(H,36,42)(H,37,46)(H,50,51)(H,52,53)(H2,35,38,39)(H2,47,48,49)/t23-,27-,28-,29+,33-/m1/s1. The zero-order chi connectivity index (χ0) is 45.7. The molecule has 346 valence electrons. The molecule has 7 atom stereocenters. The molecule has 3 aromatic rings. The molecule has 1 saturated heterocycles. The molecule has 0 radical (unpaired) electrons. The second kappa shape index (κ2) is 23.1. The van der Waals surface area contributed by atoms with Crippen molar-refractivity contribution in [3.63, 3.8) is 0 Å². The molecular formula is C34H52N7O17P3S. The molecule has 3 heterocycles. The summed E-state index contributed by atoms with van der Waals surface area (Å²) in [6.07, 6.45) is -1.60. The fourth-order valence-corrected chi connectivity index (χ4v) is 9.51. The van der Waals surface area contributed by atoms with Crippen molar-refractivity contribution in [3.8, 4) is 0 Å². The van der Waals surface area contributed by atoms with Crippen molar-refractivity contribution in [3.05, 3.63) is 48.5 Å². The number of aliphatic hydroxyl groups excluding tert-OH is 2. The van der Waals surface area contributed by atoms with Crippen LogP contribution in [0.15, 0.2) is 43.0 Å². The van der Waals surface area contributed by atoms with E-state index in [4.69, 9.17) is 19.5 Å². The number of thioether (sulfide) groups is 1. The summed E-state index contributed by atoms with van der Waals surface area (Å²) >= 11 is 1.13. The number of phosphoric acid groups is 3. The summed E-state index contributed by atoms with van der Waals surface area (Å²) in [5.74, 6) is -1.06. The molecule has 0 bridgehead atoms. The average molecular weight is 956 g/mol. The zero-order valence-electron chi connectivity index (χ0n) is 33.7. The number of aliphatic hydroxyl groups is 2. The Morgan fingerprint density at radius 3 is 2.35 bits per heavy atom. The summed E-state index contributed by atoms with van der Waals surface area (Å²) < 4.78 is 62.3. The largest absolute Gasteiger partial charge is 0.481 e. The smallest absolute Gasteiger partial charge is 0.386 e. The SMILES string of the molecule is CC(C)(COP(=O)(O)OP(=O)(O)OC[C@H]1O[C@@H](n2cnc3c(N)ncnc32)[C@H](O)[C@@H]1OP(=O)(O)O)[C@@H](O)C(=O)NCCC(=O)NCCSC(=O)CCCCCCc1ccccc1. The van der Waals surface area contributed by atoms with Crippen LogP contribution in [0.25, 0.3) is 11.2 Å². The number of carbonyl (C=O) groups excluding carboxylic acids is 3. The lowest BCUT2D eigenvalue weighted by molar-refractivity contribution is -0.137. The van der Waals surface area contributed by atoms with Crippen LogP contribution in [-0.4, -0.2) is 123 Å². The highest BCUT2D eigenvalue weighted by molar-refractivity contribution is 8.13. The van der Waals surface area contributed by atoms with Crippen molar-refractivity contribution >= 4 is 69.1 Å². The first-order chi connectivity index (χ1) is 29.1. The minimum atomic E-state index is -5.57. The third-order valence-corrected chi connectivity index (χ3v) is 13.2. The monoisotopic (exact) mass is 955 g/mol. The second-order valence-corrected chi connectivity index (χ2v) is 20.1. The maximum Gasteiger partial charge on any atom is 0.481 e. The van der Waals surface area contributed by atoms with E-state index >= 15 is 0 Å². The molecule has 4 rings (SSSR count). The van der Waals surface area contributed by atoms with Gasteiger partial charge in [0.25, 0.3) is 0 Å². The van der Waals surface area contributed by atoms with Gasteiger partial charge in [0.2, 0.25) is 11.8 Å². The van der Waals surface area contributed by atoms with Gasteiger partial charge >= 0.3 is 23.5 Å². The van der Waals surface area contributed by atoms with Crippen LogP contribution in [-0.2, 0) is 57.1 Å². The molecular weight excluding hydrogens is 903 g/mol. The Bertz CT molecular complexity index is 2110. The highest BCUT2D eigenvalue weighted by Gasteiger charge is 2.50.